The molecule has 0 heterocycles. The van der Waals surface area contributed by atoms with Crippen LogP contribution in [0.2, 0.25) is 0 Å². The number of ether oxygens (including phenoxy) is 1. The lowest BCUT2D eigenvalue weighted by atomic mass is 9.81. The summed E-state index contributed by atoms with van der Waals surface area (Å²) < 4.78 is 5.14. The molecule has 0 aliphatic heterocycles. The first-order valence-corrected chi connectivity index (χ1v) is 7.81. The molecule has 2 aromatic carbocycles. The summed E-state index contributed by atoms with van der Waals surface area (Å²) in [7, 11) is 0. The van der Waals surface area contributed by atoms with Gasteiger partial charge in [-0.2, -0.15) is 0 Å². The molecule has 6 heteroatoms. The number of hydrogen-bond donors (Lipinski definition) is 2. The highest BCUT2D eigenvalue weighted by Gasteiger charge is 2.36. The van der Waals surface area contributed by atoms with Crippen LogP contribution in [0.5, 0.6) is 11.5 Å². The largest absolute Gasteiger partial charge is 0.507 e. The standard InChI is InChI=1S/C19H16O6/c1-3-14(25-9(2)20)12-8-13(21)15-16(19(12)24)18(23)11-7-5-4-6-10(11)17(15)22/h4-8,14,21,24H,3H2,1-2H3. The van der Waals surface area contributed by atoms with Crippen molar-refractivity contribution in [1.82, 2.24) is 0 Å². The molecule has 0 saturated heterocycles. The Morgan fingerprint density at radius 1 is 1.08 bits per heavy atom. The first kappa shape index (κ1) is 16.7. The zero-order valence-corrected chi connectivity index (χ0v) is 13.7. The Balaban J connectivity index is 2.25. The van der Waals surface area contributed by atoms with Crippen molar-refractivity contribution in [3.8, 4) is 11.5 Å². The number of benzene rings is 2. The van der Waals surface area contributed by atoms with Crippen molar-refractivity contribution in [3.63, 3.8) is 0 Å². The summed E-state index contributed by atoms with van der Waals surface area (Å²) >= 11 is 0. The van der Waals surface area contributed by atoms with Crippen LogP contribution >= 0.6 is 0 Å². The van der Waals surface area contributed by atoms with Crippen LogP contribution in [-0.4, -0.2) is 27.7 Å². The molecule has 0 amide bonds. The van der Waals surface area contributed by atoms with Crippen molar-refractivity contribution >= 4 is 17.5 Å². The summed E-state index contributed by atoms with van der Waals surface area (Å²) in [5, 5.41) is 20.9. The van der Waals surface area contributed by atoms with Gasteiger partial charge in [-0.15, -0.1) is 0 Å². The molecule has 2 aromatic rings. The summed E-state index contributed by atoms with van der Waals surface area (Å²) in [4.78, 5) is 36.7. The molecule has 6 nitrogen and oxygen atoms in total. The molecule has 0 spiro atoms. The average molecular weight is 340 g/mol. The van der Waals surface area contributed by atoms with E-state index >= 15 is 0 Å². The van der Waals surface area contributed by atoms with Crippen molar-refractivity contribution in [3.05, 3.63) is 58.1 Å². The van der Waals surface area contributed by atoms with Gasteiger partial charge < -0.3 is 14.9 Å². The lowest BCUT2D eigenvalue weighted by Crippen LogP contribution is -2.22. The second kappa shape index (κ2) is 6.05. The van der Waals surface area contributed by atoms with Crippen molar-refractivity contribution < 1.29 is 29.3 Å². The molecular formula is C19H16O6. The van der Waals surface area contributed by atoms with E-state index in [1.165, 1.54) is 25.1 Å². The Morgan fingerprint density at radius 2 is 1.64 bits per heavy atom. The molecule has 0 radical (unpaired) electrons. The van der Waals surface area contributed by atoms with Crippen LogP contribution in [0.25, 0.3) is 0 Å². The number of phenolic OH excluding ortho intramolecular Hbond substituents is 2. The third-order valence-corrected chi connectivity index (χ3v) is 4.20. The van der Waals surface area contributed by atoms with Gasteiger partial charge in [0.05, 0.1) is 11.1 Å². The summed E-state index contributed by atoms with van der Waals surface area (Å²) in [6.45, 7) is 2.95. The van der Waals surface area contributed by atoms with Gasteiger partial charge >= 0.3 is 5.97 Å². The van der Waals surface area contributed by atoms with Gasteiger partial charge in [-0.1, -0.05) is 31.2 Å². The predicted molar refractivity (Wildman–Crippen MR) is 87.9 cm³/mol. The van der Waals surface area contributed by atoms with Crippen LogP contribution in [-0.2, 0) is 9.53 Å². The third kappa shape index (κ3) is 2.55. The van der Waals surface area contributed by atoms with E-state index in [2.05, 4.69) is 0 Å². The molecule has 1 atom stereocenters. The Hall–Kier alpha value is -3.15. The first-order valence-electron chi connectivity index (χ1n) is 7.81. The second-order valence-corrected chi connectivity index (χ2v) is 5.79. The van der Waals surface area contributed by atoms with Crippen LogP contribution in [0.15, 0.2) is 30.3 Å². The highest BCUT2D eigenvalue weighted by atomic mass is 16.5. The molecule has 1 aliphatic rings. The minimum atomic E-state index is -0.839. The monoisotopic (exact) mass is 340 g/mol. The van der Waals surface area contributed by atoms with Crippen molar-refractivity contribution in [2.45, 2.75) is 26.4 Å². The number of carbonyl (C=O) groups is 3. The van der Waals surface area contributed by atoms with E-state index in [0.717, 1.165) is 0 Å². The van der Waals surface area contributed by atoms with E-state index in [1.54, 1.807) is 19.1 Å². The normalized spacial score (nSPS) is 13.8. The lowest BCUT2D eigenvalue weighted by Gasteiger charge is -2.23. The topological polar surface area (TPSA) is 101 Å². The van der Waals surface area contributed by atoms with Crippen LogP contribution in [0.4, 0.5) is 0 Å². The zero-order chi connectivity index (χ0) is 18.3. The molecule has 0 fully saturated rings. The third-order valence-electron chi connectivity index (χ3n) is 4.20. The molecule has 2 N–H and O–H groups in total. The number of fused-ring (bicyclic) bond motifs is 2. The van der Waals surface area contributed by atoms with Gasteiger partial charge in [-0.05, 0) is 12.5 Å². The number of hydrogen-bond acceptors (Lipinski definition) is 6. The molecule has 1 unspecified atom stereocenters. The minimum Gasteiger partial charge on any atom is -0.507 e. The Bertz CT molecular complexity index is 912. The molecule has 0 saturated carbocycles. The number of ketones is 2. The minimum absolute atomic E-state index is 0.0921. The molecule has 0 aromatic heterocycles. The van der Waals surface area contributed by atoms with Crippen LogP contribution < -0.4 is 0 Å². The lowest BCUT2D eigenvalue weighted by molar-refractivity contribution is -0.146. The van der Waals surface area contributed by atoms with Crippen LogP contribution in [0.1, 0.15) is 63.8 Å². The number of rotatable bonds is 3. The van der Waals surface area contributed by atoms with Crippen LogP contribution in [0, 0.1) is 0 Å². The van der Waals surface area contributed by atoms with E-state index in [9.17, 15) is 24.6 Å². The van der Waals surface area contributed by atoms with Gasteiger partial charge in [0.15, 0.2) is 11.6 Å². The maximum absolute atomic E-state index is 12.8. The van der Waals surface area contributed by atoms with Crippen molar-refractivity contribution in [1.29, 1.82) is 0 Å². The Kier molecular flexibility index (Phi) is 4.04. The fraction of sp³-hybridized carbons (Fsp3) is 0.211. The first-order chi connectivity index (χ1) is 11.9. The average Bonchev–Trinajstić information content (AvgIpc) is 2.59. The quantitative estimate of drug-likeness (QED) is 0.561. The van der Waals surface area contributed by atoms with E-state index in [-0.39, 0.29) is 27.8 Å². The molecule has 0 bridgehead atoms. The molecular weight excluding hydrogens is 324 g/mol. The van der Waals surface area contributed by atoms with E-state index in [0.29, 0.717) is 6.42 Å². The molecule has 3 rings (SSSR count). The maximum Gasteiger partial charge on any atom is 0.303 e. The maximum atomic E-state index is 12.8. The molecule has 128 valence electrons. The smallest absolute Gasteiger partial charge is 0.303 e. The van der Waals surface area contributed by atoms with Gasteiger partial charge in [0.1, 0.15) is 17.6 Å². The summed E-state index contributed by atoms with van der Waals surface area (Å²) in [5.74, 6) is -2.53. The van der Waals surface area contributed by atoms with E-state index in [1.807, 2.05) is 0 Å². The number of phenols is 2. The van der Waals surface area contributed by atoms with E-state index < -0.39 is 35.1 Å². The van der Waals surface area contributed by atoms with Gasteiger partial charge in [0.25, 0.3) is 0 Å². The van der Waals surface area contributed by atoms with Crippen molar-refractivity contribution in [2.24, 2.45) is 0 Å². The van der Waals surface area contributed by atoms with E-state index in [4.69, 9.17) is 4.74 Å². The zero-order valence-electron chi connectivity index (χ0n) is 13.7. The predicted octanol–water partition coefficient (Wildman–Crippen LogP) is 2.89. The van der Waals surface area contributed by atoms with Crippen molar-refractivity contribution in [2.75, 3.05) is 0 Å². The van der Waals surface area contributed by atoms with Gasteiger partial charge in [-0.3, -0.25) is 14.4 Å². The highest BCUT2D eigenvalue weighted by molar-refractivity contribution is 6.30. The summed E-state index contributed by atoms with van der Waals surface area (Å²) in [6.07, 6.45) is -0.516. The Morgan fingerprint density at radius 3 is 2.16 bits per heavy atom. The molecule has 1 aliphatic carbocycles. The van der Waals surface area contributed by atoms with Gasteiger partial charge in [0.2, 0.25) is 0 Å². The highest BCUT2D eigenvalue weighted by Crippen LogP contribution is 2.43. The van der Waals surface area contributed by atoms with Gasteiger partial charge in [0, 0.05) is 23.6 Å². The Labute approximate surface area is 143 Å². The number of carbonyl (C=O) groups excluding carboxylic acids is 3. The fourth-order valence-electron chi connectivity index (χ4n) is 3.09. The number of esters is 1. The fourth-order valence-corrected chi connectivity index (χ4v) is 3.09. The summed E-state index contributed by atoms with van der Waals surface area (Å²) in [5.41, 5.74) is -0.0664. The van der Waals surface area contributed by atoms with Gasteiger partial charge in [-0.25, -0.2) is 0 Å². The van der Waals surface area contributed by atoms with Crippen LogP contribution in [0.3, 0.4) is 0 Å². The SMILES string of the molecule is CCC(OC(C)=O)c1cc(O)c2c(c1O)C(=O)c1ccccc1C2=O. The molecule has 25 heavy (non-hydrogen) atoms. The number of aromatic hydroxyl groups is 2. The summed E-state index contributed by atoms with van der Waals surface area (Å²) in [6, 6.07) is 7.39. The second-order valence-electron chi connectivity index (χ2n) is 5.79.